The summed E-state index contributed by atoms with van der Waals surface area (Å²) in [6.07, 6.45) is 0.901. The van der Waals surface area contributed by atoms with E-state index in [-0.39, 0.29) is 24.3 Å². The third-order valence-electron chi connectivity index (χ3n) is 2.16. The second-order valence-electron chi connectivity index (χ2n) is 3.57. The van der Waals surface area contributed by atoms with E-state index in [1.165, 1.54) is 16.4 Å². The molecule has 1 rings (SSSR count). The number of carbonyl (C=O) groups excluding carboxylic acids is 1. The topological polar surface area (TPSA) is 92.9 Å². The molecular weight excluding hydrogens is 242 g/mol. The number of thioether (sulfide) groups is 1. The largest absolute Gasteiger partial charge is 0.394 e. The first-order valence-electron chi connectivity index (χ1n) is 5.46. The van der Waals surface area contributed by atoms with E-state index >= 15 is 0 Å². The zero-order chi connectivity index (χ0) is 12.7. The van der Waals surface area contributed by atoms with Crippen LogP contribution >= 0.6 is 11.8 Å². The fourth-order valence-electron chi connectivity index (χ4n) is 1.08. The molecule has 1 amide bonds. The minimum Gasteiger partial charge on any atom is -0.394 e. The number of carbonyl (C=O) groups is 1. The summed E-state index contributed by atoms with van der Waals surface area (Å²) in [5.74, 6) is 0.235. The normalized spacial score (nSPS) is 12.4. The zero-order valence-electron chi connectivity index (χ0n) is 9.96. The molecule has 0 saturated heterocycles. The summed E-state index contributed by atoms with van der Waals surface area (Å²) in [5, 5.41) is 23.2. The van der Waals surface area contributed by atoms with E-state index in [0.717, 1.165) is 6.42 Å². The number of aliphatic hydroxyl groups excluding tert-OH is 1. The summed E-state index contributed by atoms with van der Waals surface area (Å²) >= 11 is 1.26. The van der Waals surface area contributed by atoms with E-state index in [4.69, 9.17) is 5.11 Å². The Morgan fingerprint density at radius 3 is 3.06 bits per heavy atom. The van der Waals surface area contributed by atoms with E-state index < -0.39 is 0 Å². The summed E-state index contributed by atoms with van der Waals surface area (Å²) in [5.41, 5.74) is 0. The molecule has 1 aromatic rings. The molecule has 0 aliphatic rings. The number of aromatic nitrogens is 4. The maximum atomic E-state index is 11.5. The summed E-state index contributed by atoms with van der Waals surface area (Å²) in [7, 11) is 0. The molecule has 8 heteroatoms. The first-order valence-corrected chi connectivity index (χ1v) is 6.45. The molecule has 0 aliphatic carbocycles. The number of hydrogen-bond acceptors (Lipinski definition) is 6. The molecule has 0 saturated carbocycles. The Kier molecular flexibility index (Phi) is 5.92. The standard InChI is InChI=1S/C9H17N5O2S/c1-3-7(2)10-8(16)6-17-9-11-12-13-14(9)4-5-15/h7,15H,3-6H2,1-2H3,(H,10,16). The lowest BCUT2D eigenvalue weighted by molar-refractivity contribution is -0.119. The van der Waals surface area contributed by atoms with Crippen LogP contribution in [0.2, 0.25) is 0 Å². The number of tetrazole rings is 1. The number of nitrogens with one attached hydrogen (secondary N) is 1. The second-order valence-corrected chi connectivity index (χ2v) is 4.52. The van der Waals surface area contributed by atoms with Gasteiger partial charge in [0.25, 0.3) is 0 Å². The van der Waals surface area contributed by atoms with Crippen molar-refractivity contribution in [3.8, 4) is 0 Å². The van der Waals surface area contributed by atoms with Crippen molar-refractivity contribution >= 4 is 17.7 Å². The summed E-state index contributed by atoms with van der Waals surface area (Å²) in [6.45, 7) is 4.28. The molecule has 0 aromatic carbocycles. The highest BCUT2D eigenvalue weighted by Gasteiger charge is 2.10. The smallest absolute Gasteiger partial charge is 0.230 e. The van der Waals surface area contributed by atoms with Gasteiger partial charge in [0.15, 0.2) is 0 Å². The van der Waals surface area contributed by atoms with Gasteiger partial charge in [-0.2, -0.15) is 0 Å². The molecular formula is C9H17N5O2S. The molecule has 0 aliphatic heterocycles. The lowest BCUT2D eigenvalue weighted by atomic mass is 10.3. The molecule has 0 bridgehead atoms. The van der Waals surface area contributed by atoms with Gasteiger partial charge in [-0.3, -0.25) is 4.79 Å². The highest BCUT2D eigenvalue weighted by atomic mass is 32.2. The van der Waals surface area contributed by atoms with E-state index in [2.05, 4.69) is 20.8 Å². The summed E-state index contributed by atoms with van der Waals surface area (Å²) < 4.78 is 1.47. The third-order valence-corrected chi connectivity index (χ3v) is 3.12. The Bertz CT molecular complexity index is 357. The van der Waals surface area contributed by atoms with E-state index in [1.807, 2.05) is 13.8 Å². The number of rotatable bonds is 7. The van der Waals surface area contributed by atoms with Crippen LogP contribution < -0.4 is 5.32 Å². The van der Waals surface area contributed by atoms with Gasteiger partial charge in [-0.1, -0.05) is 18.7 Å². The molecule has 17 heavy (non-hydrogen) atoms. The number of aliphatic hydroxyl groups is 1. The van der Waals surface area contributed by atoms with Gasteiger partial charge in [-0.05, 0) is 23.8 Å². The number of amides is 1. The predicted octanol–water partition coefficient (Wildman–Crippen LogP) is -0.328. The first kappa shape index (κ1) is 13.9. The molecule has 0 fully saturated rings. The number of hydrogen-bond donors (Lipinski definition) is 2. The zero-order valence-corrected chi connectivity index (χ0v) is 10.8. The molecule has 0 spiro atoms. The van der Waals surface area contributed by atoms with E-state index in [9.17, 15) is 4.79 Å². The fourth-order valence-corrected chi connectivity index (χ4v) is 1.80. The van der Waals surface area contributed by atoms with Crippen LogP contribution in [0.1, 0.15) is 20.3 Å². The SMILES string of the molecule is CCC(C)NC(=O)CSc1nnnn1CCO. The van der Waals surface area contributed by atoms with Crippen LogP contribution in [0.3, 0.4) is 0 Å². The predicted molar refractivity (Wildman–Crippen MR) is 63.5 cm³/mol. The van der Waals surface area contributed by atoms with Gasteiger partial charge >= 0.3 is 0 Å². The van der Waals surface area contributed by atoms with E-state index in [1.54, 1.807) is 0 Å². The van der Waals surface area contributed by atoms with Gasteiger partial charge in [0.05, 0.1) is 18.9 Å². The van der Waals surface area contributed by atoms with Crippen LogP contribution in [0.25, 0.3) is 0 Å². The van der Waals surface area contributed by atoms with Crippen LogP contribution in [0.4, 0.5) is 0 Å². The summed E-state index contributed by atoms with van der Waals surface area (Å²) in [6, 6.07) is 0.177. The van der Waals surface area contributed by atoms with Crippen molar-refractivity contribution in [3.63, 3.8) is 0 Å². The van der Waals surface area contributed by atoms with Crippen LogP contribution in [-0.2, 0) is 11.3 Å². The van der Waals surface area contributed by atoms with Crippen LogP contribution in [-0.4, -0.2) is 49.6 Å². The van der Waals surface area contributed by atoms with Crippen LogP contribution in [0, 0.1) is 0 Å². The lowest BCUT2D eigenvalue weighted by Crippen LogP contribution is -2.33. The van der Waals surface area contributed by atoms with Gasteiger partial charge in [0.1, 0.15) is 0 Å². The van der Waals surface area contributed by atoms with Crippen molar-refractivity contribution in [1.82, 2.24) is 25.5 Å². The Morgan fingerprint density at radius 2 is 2.41 bits per heavy atom. The number of nitrogens with zero attached hydrogens (tertiary/aromatic N) is 4. The van der Waals surface area contributed by atoms with Crippen molar-refractivity contribution in [2.45, 2.75) is 38.0 Å². The lowest BCUT2D eigenvalue weighted by Gasteiger charge is -2.10. The molecule has 7 nitrogen and oxygen atoms in total. The van der Waals surface area contributed by atoms with Crippen molar-refractivity contribution in [3.05, 3.63) is 0 Å². The highest BCUT2D eigenvalue weighted by Crippen LogP contribution is 2.12. The van der Waals surface area contributed by atoms with Gasteiger partial charge in [0, 0.05) is 6.04 Å². The molecule has 96 valence electrons. The van der Waals surface area contributed by atoms with Crippen molar-refractivity contribution in [2.24, 2.45) is 0 Å². The monoisotopic (exact) mass is 259 g/mol. The Balaban J connectivity index is 2.39. The average Bonchev–Trinajstić information content (AvgIpc) is 2.74. The van der Waals surface area contributed by atoms with Gasteiger partial charge in [-0.25, -0.2) is 4.68 Å². The molecule has 1 unspecified atom stereocenters. The Hall–Kier alpha value is -1.15. The van der Waals surface area contributed by atoms with Crippen LogP contribution in [0.15, 0.2) is 5.16 Å². The van der Waals surface area contributed by atoms with Crippen molar-refractivity contribution in [1.29, 1.82) is 0 Å². The van der Waals surface area contributed by atoms with Gasteiger partial charge in [-0.15, -0.1) is 5.10 Å². The molecule has 1 heterocycles. The Labute approximate surface area is 104 Å². The fraction of sp³-hybridized carbons (Fsp3) is 0.778. The van der Waals surface area contributed by atoms with Crippen molar-refractivity contribution in [2.75, 3.05) is 12.4 Å². The molecule has 1 atom stereocenters. The second kappa shape index (κ2) is 7.23. The minimum atomic E-state index is -0.0390. The molecule has 1 aromatic heterocycles. The quantitative estimate of drug-likeness (QED) is 0.651. The minimum absolute atomic E-state index is 0.0301. The van der Waals surface area contributed by atoms with Crippen LogP contribution in [0.5, 0.6) is 0 Å². The maximum absolute atomic E-state index is 11.5. The third kappa shape index (κ3) is 4.70. The van der Waals surface area contributed by atoms with E-state index in [0.29, 0.717) is 11.7 Å². The van der Waals surface area contributed by atoms with Gasteiger partial charge < -0.3 is 10.4 Å². The van der Waals surface area contributed by atoms with Crippen molar-refractivity contribution < 1.29 is 9.90 Å². The van der Waals surface area contributed by atoms with Gasteiger partial charge in [0.2, 0.25) is 11.1 Å². The summed E-state index contributed by atoms with van der Waals surface area (Å²) in [4.78, 5) is 11.5. The average molecular weight is 259 g/mol. The molecule has 0 radical (unpaired) electrons. The maximum Gasteiger partial charge on any atom is 0.230 e. The highest BCUT2D eigenvalue weighted by molar-refractivity contribution is 7.99. The molecule has 2 N–H and O–H groups in total. The first-order chi connectivity index (χ1) is 8.17. The Morgan fingerprint density at radius 1 is 1.65 bits per heavy atom.